The zero-order chi connectivity index (χ0) is 14.7. The Hall–Kier alpha value is -1.90. The number of carbonyl (C=O) groups excluding carboxylic acids is 1. The highest BCUT2D eigenvalue weighted by Crippen LogP contribution is 2.15. The zero-order valence-electron chi connectivity index (χ0n) is 12.7. The van der Waals surface area contributed by atoms with Crippen LogP contribution in [0.25, 0.3) is 0 Å². The highest BCUT2D eigenvalue weighted by molar-refractivity contribution is 5.96. The number of aryl methyl sites for hydroxylation is 4. The van der Waals surface area contributed by atoms with Crippen molar-refractivity contribution in [2.45, 2.75) is 47.1 Å². The minimum Gasteiger partial charge on any atom is -0.292 e. The van der Waals surface area contributed by atoms with Gasteiger partial charge in [0.05, 0.1) is 5.69 Å². The first kappa shape index (κ1) is 14.5. The molecule has 0 radical (unpaired) electrons. The molecule has 1 heterocycles. The van der Waals surface area contributed by atoms with Crippen molar-refractivity contribution in [3.8, 4) is 0 Å². The third-order valence-electron chi connectivity index (χ3n) is 3.63. The molecule has 3 nitrogen and oxygen atoms in total. The van der Waals surface area contributed by atoms with Gasteiger partial charge in [0.2, 0.25) is 0 Å². The van der Waals surface area contributed by atoms with Crippen LogP contribution < -0.4 is 0 Å². The molecule has 0 unspecified atom stereocenters. The largest absolute Gasteiger partial charge is 0.292 e. The molecule has 0 aliphatic heterocycles. The number of nitrogens with zero attached hydrogens (tertiary/aromatic N) is 2. The molecule has 2 rings (SSSR count). The standard InChI is InChI=1S/C17H22N2O/c1-5-15-11-16(19(6-2)18-15)17(20)10-14-9-12(3)7-8-13(14)4/h7-9,11H,5-6,10H2,1-4H3. The van der Waals surface area contributed by atoms with Crippen LogP contribution in [-0.4, -0.2) is 15.6 Å². The molecule has 0 fully saturated rings. The summed E-state index contributed by atoms with van der Waals surface area (Å²) in [7, 11) is 0. The third kappa shape index (κ3) is 2.98. The Labute approximate surface area is 120 Å². The minimum absolute atomic E-state index is 0.146. The first-order valence-electron chi connectivity index (χ1n) is 7.21. The Balaban J connectivity index is 2.28. The maximum absolute atomic E-state index is 12.5. The molecule has 106 valence electrons. The van der Waals surface area contributed by atoms with Gasteiger partial charge in [-0.05, 0) is 44.4 Å². The van der Waals surface area contributed by atoms with E-state index in [0.29, 0.717) is 6.42 Å². The molecule has 2 aromatic rings. The van der Waals surface area contributed by atoms with Crippen LogP contribution in [0, 0.1) is 13.8 Å². The predicted octanol–water partition coefficient (Wildman–Crippen LogP) is 3.51. The number of carbonyl (C=O) groups is 1. The molecular formula is C17H22N2O. The predicted molar refractivity (Wildman–Crippen MR) is 81.2 cm³/mol. The second-order valence-electron chi connectivity index (χ2n) is 5.22. The van der Waals surface area contributed by atoms with Gasteiger partial charge in [-0.25, -0.2) is 0 Å². The van der Waals surface area contributed by atoms with Crippen LogP contribution in [0.15, 0.2) is 24.3 Å². The SMILES string of the molecule is CCc1cc(C(=O)Cc2cc(C)ccc2C)n(CC)n1. The van der Waals surface area contributed by atoms with Crippen LogP contribution in [0.3, 0.4) is 0 Å². The molecule has 0 atom stereocenters. The summed E-state index contributed by atoms with van der Waals surface area (Å²) >= 11 is 0. The van der Waals surface area contributed by atoms with Gasteiger partial charge >= 0.3 is 0 Å². The van der Waals surface area contributed by atoms with Crippen LogP contribution in [0.1, 0.15) is 46.7 Å². The number of hydrogen-bond acceptors (Lipinski definition) is 2. The van der Waals surface area contributed by atoms with Gasteiger partial charge in [0.15, 0.2) is 5.78 Å². The maximum Gasteiger partial charge on any atom is 0.185 e. The topological polar surface area (TPSA) is 34.9 Å². The molecular weight excluding hydrogens is 248 g/mol. The van der Waals surface area contributed by atoms with Crippen molar-refractivity contribution in [2.75, 3.05) is 0 Å². The molecule has 1 aromatic carbocycles. The molecule has 20 heavy (non-hydrogen) atoms. The van der Waals surface area contributed by atoms with Crippen LogP contribution in [0.2, 0.25) is 0 Å². The summed E-state index contributed by atoms with van der Waals surface area (Å²) < 4.78 is 1.81. The molecule has 0 saturated carbocycles. The van der Waals surface area contributed by atoms with E-state index < -0.39 is 0 Å². The quantitative estimate of drug-likeness (QED) is 0.779. The summed E-state index contributed by atoms with van der Waals surface area (Å²) in [6, 6.07) is 8.18. The lowest BCUT2D eigenvalue weighted by atomic mass is 9.99. The highest BCUT2D eigenvalue weighted by atomic mass is 16.1. The monoisotopic (exact) mass is 270 g/mol. The molecule has 0 spiro atoms. The van der Waals surface area contributed by atoms with E-state index in [0.717, 1.165) is 29.9 Å². The Morgan fingerprint density at radius 3 is 2.60 bits per heavy atom. The van der Waals surface area contributed by atoms with E-state index in [-0.39, 0.29) is 5.78 Å². The van der Waals surface area contributed by atoms with Crippen LogP contribution >= 0.6 is 0 Å². The lowest BCUT2D eigenvalue weighted by Crippen LogP contribution is -2.12. The number of rotatable bonds is 5. The fourth-order valence-electron chi connectivity index (χ4n) is 2.36. The van der Waals surface area contributed by atoms with E-state index in [9.17, 15) is 4.79 Å². The minimum atomic E-state index is 0.146. The molecule has 0 aliphatic rings. The number of hydrogen-bond donors (Lipinski definition) is 0. The van der Waals surface area contributed by atoms with Gasteiger partial charge in [-0.2, -0.15) is 5.10 Å². The van der Waals surface area contributed by atoms with E-state index in [1.54, 1.807) is 0 Å². The van der Waals surface area contributed by atoms with Gasteiger partial charge in [-0.1, -0.05) is 30.7 Å². The van der Waals surface area contributed by atoms with Crippen molar-refractivity contribution in [2.24, 2.45) is 0 Å². The molecule has 0 bridgehead atoms. The Morgan fingerprint density at radius 2 is 1.95 bits per heavy atom. The van der Waals surface area contributed by atoms with Gasteiger partial charge < -0.3 is 0 Å². The van der Waals surface area contributed by atoms with E-state index in [1.165, 1.54) is 11.1 Å². The van der Waals surface area contributed by atoms with Gasteiger partial charge in [-0.15, -0.1) is 0 Å². The Bertz CT molecular complexity index is 626. The fourth-order valence-corrected chi connectivity index (χ4v) is 2.36. The molecule has 0 amide bonds. The maximum atomic E-state index is 12.5. The summed E-state index contributed by atoms with van der Waals surface area (Å²) in [6.07, 6.45) is 1.30. The molecule has 3 heteroatoms. The number of benzene rings is 1. The van der Waals surface area contributed by atoms with Gasteiger partial charge in [0.1, 0.15) is 5.69 Å². The van der Waals surface area contributed by atoms with Crippen molar-refractivity contribution in [3.63, 3.8) is 0 Å². The second kappa shape index (κ2) is 6.04. The highest BCUT2D eigenvalue weighted by Gasteiger charge is 2.15. The first-order chi connectivity index (χ1) is 9.55. The molecule has 0 aliphatic carbocycles. The van der Waals surface area contributed by atoms with Crippen molar-refractivity contribution >= 4 is 5.78 Å². The fraction of sp³-hybridized carbons (Fsp3) is 0.412. The van der Waals surface area contributed by atoms with Gasteiger partial charge in [-0.3, -0.25) is 9.48 Å². The van der Waals surface area contributed by atoms with Gasteiger partial charge in [0.25, 0.3) is 0 Å². The summed E-state index contributed by atoms with van der Waals surface area (Å²) in [5.41, 5.74) is 5.18. The van der Waals surface area contributed by atoms with E-state index in [1.807, 2.05) is 17.7 Å². The van der Waals surface area contributed by atoms with Crippen LogP contribution in [0.4, 0.5) is 0 Å². The smallest absolute Gasteiger partial charge is 0.185 e. The number of Topliss-reactive ketones (excluding diaryl/α,β-unsaturated/α-hetero) is 1. The van der Waals surface area contributed by atoms with Crippen LogP contribution in [0.5, 0.6) is 0 Å². The lowest BCUT2D eigenvalue weighted by molar-refractivity contribution is 0.0982. The summed E-state index contributed by atoms with van der Waals surface area (Å²) in [5, 5.41) is 4.45. The Kier molecular flexibility index (Phi) is 4.38. The summed E-state index contributed by atoms with van der Waals surface area (Å²) in [4.78, 5) is 12.5. The number of aromatic nitrogens is 2. The second-order valence-corrected chi connectivity index (χ2v) is 5.22. The lowest BCUT2D eigenvalue weighted by Gasteiger charge is -2.07. The number of ketones is 1. The van der Waals surface area contributed by atoms with E-state index in [4.69, 9.17) is 0 Å². The van der Waals surface area contributed by atoms with Crippen molar-refractivity contribution in [1.82, 2.24) is 9.78 Å². The summed E-state index contributed by atoms with van der Waals surface area (Å²) in [5.74, 6) is 0.146. The van der Waals surface area contributed by atoms with E-state index in [2.05, 4.69) is 44.1 Å². The molecule has 1 aromatic heterocycles. The summed E-state index contributed by atoms with van der Waals surface area (Å²) in [6.45, 7) is 8.91. The molecule has 0 N–H and O–H groups in total. The third-order valence-corrected chi connectivity index (χ3v) is 3.63. The van der Waals surface area contributed by atoms with Crippen molar-refractivity contribution in [3.05, 3.63) is 52.3 Å². The normalized spacial score (nSPS) is 10.8. The van der Waals surface area contributed by atoms with Crippen LogP contribution in [-0.2, 0) is 19.4 Å². The van der Waals surface area contributed by atoms with Gasteiger partial charge in [0, 0.05) is 13.0 Å². The average molecular weight is 270 g/mol. The van der Waals surface area contributed by atoms with Crippen molar-refractivity contribution in [1.29, 1.82) is 0 Å². The van der Waals surface area contributed by atoms with E-state index >= 15 is 0 Å². The Morgan fingerprint density at radius 1 is 1.20 bits per heavy atom. The van der Waals surface area contributed by atoms with Crippen molar-refractivity contribution < 1.29 is 4.79 Å². The average Bonchev–Trinajstić information content (AvgIpc) is 2.86. The zero-order valence-corrected chi connectivity index (χ0v) is 12.7. The first-order valence-corrected chi connectivity index (χ1v) is 7.21. The molecule has 0 saturated heterocycles.